The molecule has 9 nitrogen and oxygen atoms in total. The van der Waals surface area contributed by atoms with Crippen molar-refractivity contribution in [3.8, 4) is 11.8 Å². The van der Waals surface area contributed by atoms with Crippen molar-refractivity contribution in [2.75, 3.05) is 19.3 Å². The van der Waals surface area contributed by atoms with Crippen LogP contribution in [0.2, 0.25) is 0 Å². The maximum Gasteiger partial charge on any atom is 0.191 e. The van der Waals surface area contributed by atoms with E-state index in [0.29, 0.717) is 48.5 Å². The van der Waals surface area contributed by atoms with Gasteiger partial charge < -0.3 is 20.9 Å². The summed E-state index contributed by atoms with van der Waals surface area (Å²) in [7, 11) is 1.71. The van der Waals surface area contributed by atoms with Gasteiger partial charge in [-0.1, -0.05) is 37.2 Å². The second kappa shape index (κ2) is 12.1. The van der Waals surface area contributed by atoms with Crippen molar-refractivity contribution in [3.05, 3.63) is 59.1 Å². The van der Waals surface area contributed by atoms with E-state index in [0.717, 1.165) is 23.6 Å². The van der Waals surface area contributed by atoms with Crippen LogP contribution < -0.4 is 16.4 Å². The number of nitrogen functional groups attached to an aromatic ring is 1. The average molecular weight is 548 g/mol. The first-order valence-electron chi connectivity index (χ1n) is 10.3. The van der Waals surface area contributed by atoms with E-state index in [-0.39, 0.29) is 24.0 Å². The Morgan fingerprint density at radius 3 is 2.66 bits per heavy atom. The molecule has 10 heteroatoms. The van der Waals surface area contributed by atoms with E-state index in [2.05, 4.69) is 45.8 Å². The van der Waals surface area contributed by atoms with Gasteiger partial charge in [0, 0.05) is 19.7 Å². The Morgan fingerprint density at radius 1 is 1.28 bits per heavy atom. The number of guanidine groups is 1. The van der Waals surface area contributed by atoms with Crippen molar-refractivity contribution in [2.45, 2.75) is 39.2 Å². The third-order valence-corrected chi connectivity index (χ3v) is 4.81. The van der Waals surface area contributed by atoms with E-state index in [1.54, 1.807) is 11.7 Å². The van der Waals surface area contributed by atoms with Gasteiger partial charge in [-0.15, -0.1) is 24.0 Å². The van der Waals surface area contributed by atoms with Crippen LogP contribution in [0, 0.1) is 11.3 Å². The van der Waals surface area contributed by atoms with Crippen LogP contribution >= 0.6 is 24.0 Å². The molecular formula is C22H29IN8O. The fourth-order valence-electron chi connectivity index (χ4n) is 3.08. The highest BCUT2D eigenvalue weighted by Crippen LogP contribution is 2.21. The first-order valence-corrected chi connectivity index (χ1v) is 10.3. The summed E-state index contributed by atoms with van der Waals surface area (Å²) in [5.41, 5.74) is 9.04. The number of hydrogen-bond acceptors (Lipinski definition) is 6. The van der Waals surface area contributed by atoms with E-state index in [4.69, 9.17) is 10.3 Å². The van der Waals surface area contributed by atoms with Crippen LogP contribution in [0.5, 0.6) is 0 Å². The van der Waals surface area contributed by atoms with Crippen LogP contribution in [-0.2, 0) is 13.0 Å². The smallest absolute Gasteiger partial charge is 0.191 e. The van der Waals surface area contributed by atoms with Gasteiger partial charge in [0.05, 0.1) is 23.6 Å². The summed E-state index contributed by atoms with van der Waals surface area (Å²) >= 11 is 0. The zero-order chi connectivity index (χ0) is 22.2. The van der Waals surface area contributed by atoms with Crippen molar-refractivity contribution < 1.29 is 4.52 Å². The number of nitrogens with two attached hydrogens (primary N) is 1. The summed E-state index contributed by atoms with van der Waals surface area (Å²) in [4.78, 5) is 4.22. The molecule has 2 aromatic heterocycles. The van der Waals surface area contributed by atoms with Gasteiger partial charge in [0.25, 0.3) is 0 Å². The third-order valence-electron chi connectivity index (χ3n) is 4.81. The molecule has 3 rings (SSSR count). The number of aliphatic imine (C=N–C) groups is 1. The minimum Gasteiger partial charge on any atom is -0.382 e. The van der Waals surface area contributed by atoms with Crippen molar-refractivity contribution in [3.63, 3.8) is 0 Å². The van der Waals surface area contributed by atoms with Crippen LogP contribution in [0.1, 0.15) is 48.9 Å². The maximum absolute atomic E-state index is 9.51. The van der Waals surface area contributed by atoms with Gasteiger partial charge in [0.1, 0.15) is 17.5 Å². The zero-order valence-corrected chi connectivity index (χ0v) is 20.8. The molecule has 0 aliphatic carbocycles. The van der Waals surface area contributed by atoms with Gasteiger partial charge in [-0.05, 0) is 30.9 Å². The maximum atomic E-state index is 9.51. The number of aromatic nitrogens is 3. The van der Waals surface area contributed by atoms with Crippen molar-refractivity contribution in [1.82, 2.24) is 25.6 Å². The largest absolute Gasteiger partial charge is 0.382 e. The predicted octanol–water partition coefficient (Wildman–Crippen LogP) is 3.35. The molecule has 0 radical (unpaired) electrons. The van der Waals surface area contributed by atoms with Gasteiger partial charge >= 0.3 is 0 Å². The molecule has 0 aliphatic heterocycles. The first-order chi connectivity index (χ1) is 15.0. The number of halogens is 1. The topological polar surface area (TPSA) is 130 Å². The molecule has 0 unspecified atom stereocenters. The second-order valence-corrected chi connectivity index (χ2v) is 7.39. The average Bonchev–Trinajstić information content (AvgIpc) is 3.38. The number of hydrogen-bond donors (Lipinski definition) is 3. The highest BCUT2D eigenvalue weighted by Gasteiger charge is 2.16. The summed E-state index contributed by atoms with van der Waals surface area (Å²) in [5, 5.41) is 24.6. The Morgan fingerprint density at radius 2 is 2.03 bits per heavy atom. The Bertz CT molecular complexity index is 1070. The molecule has 32 heavy (non-hydrogen) atoms. The lowest BCUT2D eigenvalue weighted by molar-refractivity contribution is 0.372. The monoisotopic (exact) mass is 548 g/mol. The fourth-order valence-corrected chi connectivity index (χ4v) is 3.08. The van der Waals surface area contributed by atoms with Crippen LogP contribution in [-0.4, -0.2) is 34.5 Å². The molecule has 0 bridgehead atoms. The van der Waals surface area contributed by atoms with Crippen molar-refractivity contribution in [1.29, 1.82) is 5.26 Å². The number of nitriles is 1. The number of rotatable bonds is 8. The number of benzene rings is 1. The molecule has 170 valence electrons. The number of nitrogens with zero attached hydrogens (tertiary/aromatic N) is 5. The predicted molar refractivity (Wildman–Crippen MR) is 135 cm³/mol. The van der Waals surface area contributed by atoms with Gasteiger partial charge in [-0.3, -0.25) is 4.99 Å². The third kappa shape index (κ3) is 6.23. The number of nitrogens with one attached hydrogen (secondary N) is 2. The van der Waals surface area contributed by atoms with Crippen molar-refractivity contribution >= 4 is 35.8 Å². The Balaban J connectivity index is 0.00000363. The number of aryl methyl sites for hydroxylation is 1. The fraction of sp³-hybridized carbons (Fsp3) is 0.364. The quantitative estimate of drug-likeness (QED) is 0.170. The first kappa shape index (κ1) is 25.2. The Kier molecular flexibility index (Phi) is 9.52. The summed E-state index contributed by atoms with van der Waals surface area (Å²) in [5.74, 6) is 2.11. The van der Waals surface area contributed by atoms with Crippen LogP contribution in [0.3, 0.4) is 0 Å². The van der Waals surface area contributed by atoms with Gasteiger partial charge in [-0.25, -0.2) is 4.68 Å². The van der Waals surface area contributed by atoms with E-state index < -0.39 is 0 Å². The highest BCUT2D eigenvalue weighted by atomic mass is 127. The van der Waals surface area contributed by atoms with Gasteiger partial charge in [0.2, 0.25) is 0 Å². The Hall–Kier alpha value is -3.07. The molecule has 4 N–H and O–H groups in total. The van der Waals surface area contributed by atoms with Crippen LogP contribution in [0.4, 0.5) is 5.82 Å². The second-order valence-electron chi connectivity index (χ2n) is 7.39. The molecule has 0 amide bonds. The van der Waals surface area contributed by atoms with E-state index in [1.165, 1.54) is 0 Å². The molecule has 1 aromatic carbocycles. The Labute approximate surface area is 205 Å². The van der Waals surface area contributed by atoms with Crippen LogP contribution in [0.25, 0.3) is 5.69 Å². The van der Waals surface area contributed by atoms with Crippen LogP contribution in [0.15, 0.2) is 45.9 Å². The minimum absolute atomic E-state index is 0. The van der Waals surface area contributed by atoms with Gasteiger partial charge in [-0.2, -0.15) is 10.4 Å². The molecule has 0 spiro atoms. The molecule has 0 atom stereocenters. The molecule has 2 heterocycles. The standard InChI is InChI=1S/C22H28N8O.HI/c1-15(2)20-12-17(31-29-20)14-27-22(25-3)26-11-7-10-19-18(13-23)21(24)30(28-19)16-8-5-4-6-9-16;/h4-6,8-9,12,15H,7,10-11,14,24H2,1-3H3,(H2,25,26,27);1H. The lowest BCUT2D eigenvalue weighted by atomic mass is 10.1. The summed E-state index contributed by atoms with van der Waals surface area (Å²) in [6, 6.07) is 13.7. The lowest BCUT2D eigenvalue weighted by Gasteiger charge is -2.10. The molecule has 0 fully saturated rings. The van der Waals surface area contributed by atoms with Crippen molar-refractivity contribution in [2.24, 2.45) is 4.99 Å². The van der Waals surface area contributed by atoms with E-state index in [9.17, 15) is 5.26 Å². The molecular weight excluding hydrogens is 519 g/mol. The summed E-state index contributed by atoms with van der Waals surface area (Å²) in [6.45, 7) is 5.31. The zero-order valence-electron chi connectivity index (χ0n) is 18.5. The summed E-state index contributed by atoms with van der Waals surface area (Å²) < 4.78 is 6.95. The molecule has 0 saturated carbocycles. The molecule has 0 aliphatic rings. The minimum atomic E-state index is 0. The normalized spacial score (nSPS) is 11.2. The van der Waals surface area contributed by atoms with E-state index >= 15 is 0 Å². The number of anilines is 1. The lowest BCUT2D eigenvalue weighted by Crippen LogP contribution is -2.37. The van der Waals surface area contributed by atoms with Gasteiger partial charge in [0.15, 0.2) is 11.7 Å². The van der Waals surface area contributed by atoms with E-state index in [1.807, 2.05) is 36.4 Å². The number of para-hydroxylation sites is 1. The molecule has 3 aromatic rings. The highest BCUT2D eigenvalue weighted by molar-refractivity contribution is 14.0. The summed E-state index contributed by atoms with van der Waals surface area (Å²) in [6.07, 6.45) is 1.39. The molecule has 0 saturated heterocycles. The SMILES string of the molecule is CN=C(NCCCc1nn(-c2ccccc2)c(N)c1C#N)NCc1cc(C(C)C)no1.I.